The molecule has 0 saturated carbocycles. The van der Waals surface area contributed by atoms with Crippen LogP contribution in [-0.2, 0) is 4.74 Å². The number of ether oxygens (including phenoxy) is 2. The van der Waals surface area contributed by atoms with Gasteiger partial charge < -0.3 is 25.2 Å². The Morgan fingerprint density at radius 2 is 1.72 bits per heavy atom. The molecule has 2 aromatic carbocycles. The van der Waals surface area contributed by atoms with Crippen LogP contribution in [0.1, 0.15) is 59.1 Å². The second kappa shape index (κ2) is 10.6. The van der Waals surface area contributed by atoms with Gasteiger partial charge in [0, 0.05) is 25.2 Å². The Bertz CT molecular complexity index is 927. The quantitative estimate of drug-likeness (QED) is 0.610. The van der Waals surface area contributed by atoms with Gasteiger partial charge in [0.15, 0.2) is 0 Å². The molecule has 0 bridgehead atoms. The van der Waals surface area contributed by atoms with Crippen molar-refractivity contribution >= 4 is 11.8 Å². The summed E-state index contributed by atoms with van der Waals surface area (Å²) in [5.41, 5.74) is 1.65. The molecule has 1 aliphatic heterocycles. The Hall–Kier alpha value is -2.90. The van der Waals surface area contributed by atoms with Crippen LogP contribution in [0, 0.1) is 11.8 Å². The first kappa shape index (κ1) is 23.8. The summed E-state index contributed by atoms with van der Waals surface area (Å²) in [6.07, 6.45) is 1.64. The highest BCUT2D eigenvalue weighted by molar-refractivity contribution is 6.00. The number of rotatable bonds is 7. The third-order valence-electron chi connectivity index (χ3n) is 6.07. The summed E-state index contributed by atoms with van der Waals surface area (Å²) < 4.78 is 12.3. The molecule has 7 nitrogen and oxygen atoms in total. The molecule has 172 valence electrons. The van der Waals surface area contributed by atoms with Crippen LogP contribution in [0.2, 0.25) is 0 Å². The molecule has 0 aliphatic carbocycles. The summed E-state index contributed by atoms with van der Waals surface area (Å²) in [6, 6.07) is 12.4. The van der Waals surface area contributed by atoms with E-state index in [-0.39, 0.29) is 30.6 Å². The lowest BCUT2D eigenvalue weighted by Crippen LogP contribution is -2.37. The van der Waals surface area contributed by atoms with Gasteiger partial charge in [0.2, 0.25) is 0 Å². The average molecular weight is 441 g/mol. The summed E-state index contributed by atoms with van der Waals surface area (Å²) in [5.74, 6) is 1.01. The van der Waals surface area contributed by atoms with Gasteiger partial charge in [-0.15, -0.1) is 0 Å². The van der Waals surface area contributed by atoms with Crippen LogP contribution in [0.4, 0.5) is 0 Å². The standard InChI is InChI=1S/C25H32N2O5/c1-5-16-9-15(2)22(14-28)32-23(16)17-7-6-8-20(11-17)31-21-12-18(24(29)26-3)10-19(13-21)25(30)27-4/h6-8,10-13,15-16,22-23,28H,5,9,14H2,1-4H3,(H,26,29)(H,27,30). The maximum Gasteiger partial charge on any atom is 0.251 e. The second-order valence-electron chi connectivity index (χ2n) is 8.24. The zero-order valence-corrected chi connectivity index (χ0v) is 19.1. The van der Waals surface area contributed by atoms with E-state index in [1.807, 2.05) is 24.3 Å². The fourth-order valence-electron chi connectivity index (χ4n) is 4.24. The summed E-state index contributed by atoms with van der Waals surface area (Å²) in [6.45, 7) is 4.26. The Balaban J connectivity index is 1.90. The highest BCUT2D eigenvalue weighted by Gasteiger charge is 2.35. The second-order valence-corrected chi connectivity index (χ2v) is 8.24. The van der Waals surface area contributed by atoms with Gasteiger partial charge in [-0.2, -0.15) is 0 Å². The van der Waals surface area contributed by atoms with E-state index in [0.29, 0.717) is 34.5 Å². The normalized spacial score (nSPS) is 22.8. The molecule has 1 aliphatic rings. The Morgan fingerprint density at radius 3 is 2.28 bits per heavy atom. The molecular formula is C25H32N2O5. The molecular weight excluding hydrogens is 408 g/mol. The van der Waals surface area contributed by atoms with Crippen molar-refractivity contribution in [2.75, 3.05) is 20.7 Å². The number of aliphatic hydroxyl groups excluding tert-OH is 1. The molecule has 1 saturated heterocycles. The fourth-order valence-corrected chi connectivity index (χ4v) is 4.24. The van der Waals surface area contributed by atoms with E-state index in [1.165, 1.54) is 20.2 Å². The zero-order valence-electron chi connectivity index (χ0n) is 19.1. The molecule has 3 rings (SSSR count). The third-order valence-corrected chi connectivity index (χ3v) is 6.07. The maximum atomic E-state index is 12.2. The molecule has 2 aromatic rings. The van der Waals surface area contributed by atoms with E-state index < -0.39 is 0 Å². The number of nitrogens with one attached hydrogen (secondary N) is 2. The number of hydrogen-bond acceptors (Lipinski definition) is 5. The van der Waals surface area contributed by atoms with Crippen molar-refractivity contribution in [3.05, 3.63) is 59.2 Å². The lowest BCUT2D eigenvalue weighted by molar-refractivity contribution is -0.131. The van der Waals surface area contributed by atoms with Gasteiger partial charge in [0.05, 0.1) is 18.8 Å². The summed E-state index contributed by atoms with van der Waals surface area (Å²) in [7, 11) is 3.07. The molecule has 0 spiro atoms. The van der Waals surface area contributed by atoms with E-state index in [1.54, 1.807) is 12.1 Å². The zero-order chi connectivity index (χ0) is 23.3. The first-order valence-corrected chi connectivity index (χ1v) is 11.0. The number of amides is 2. The van der Waals surface area contributed by atoms with E-state index in [4.69, 9.17) is 9.47 Å². The first-order valence-electron chi connectivity index (χ1n) is 11.0. The van der Waals surface area contributed by atoms with Gasteiger partial charge in [-0.1, -0.05) is 32.4 Å². The van der Waals surface area contributed by atoms with E-state index >= 15 is 0 Å². The van der Waals surface area contributed by atoms with Gasteiger partial charge in [0.1, 0.15) is 11.5 Å². The van der Waals surface area contributed by atoms with Crippen molar-refractivity contribution in [1.29, 1.82) is 0 Å². The smallest absolute Gasteiger partial charge is 0.251 e. The average Bonchev–Trinajstić information content (AvgIpc) is 2.82. The lowest BCUT2D eigenvalue weighted by atomic mass is 9.81. The predicted octanol–water partition coefficient (Wildman–Crippen LogP) is 3.68. The molecule has 2 amide bonds. The van der Waals surface area contributed by atoms with Crippen molar-refractivity contribution in [1.82, 2.24) is 10.6 Å². The molecule has 0 radical (unpaired) electrons. The summed E-state index contributed by atoms with van der Waals surface area (Å²) in [5, 5.41) is 14.8. The van der Waals surface area contributed by atoms with Crippen LogP contribution in [0.3, 0.4) is 0 Å². The molecule has 32 heavy (non-hydrogen) atoms. The van der Waals surface area contributed by atoms with Crippen LogP contribution in [0.15, 0.2) is 42.5 Å². The minimum Gasteiger partial charge on any atom is -0.457 e. The molecule has 4 unspecified atom stereocenters. The van der Waals surface area contributed by atoms with E-state index in [9.17, 15) is 14.7 Å². The molecule has 0 aromatic heterocycles. The Kier molecular flexibility index (Phi) is 7.88. The highest BCUT2D eigenvalue weighted by Crippen LogP contribution is 2.41. The lowest BCUT2D eigenvalue weighted by Gasteiger charge is -2.40. The van der Waals surface area contributed by atoms with E-state index in [2.05, 4.69) is 24.5 Å². The van der Waals surface area contributed by atoms with Gasteiger partial charge >= 0.3 is 0 Å². The van der Waals surface area contributed by atoms with Crippen molar-refractivity contribution in [2.24, 2.45) is 11.8 Å². The molecule has 4 atom stereocenters. The summed E-state index contributed by atoms with van der Waals surface area (Å²) in [4.78, 5) is 24.3. The van der Waals surface area contributed by atoms with Crippen molar-refractivity contribution in [3.8, 4) is 11.5 Å². The first-order chi connectivity index (χ1) is 15.4. The van der Waals surface area contributed by atoms with Crippen LogP contribution < -0.4 is 15.4 Å². The van der Waals surface area contributed by atoms with Crippen molar-refractivity contribution in [2.45, 2.75) is 38.9 Å². The Morgan fingerprint density at radius 1 is 1.06 bits per heavy atom. The van der Waals surface area contributed by atoms with Crippen LogP contribution in [0.25, 0.3) is 0 Å². The number of benzene rings is 2. The number of carbonyl (C=O) groups excluding carboxylic acids is 2. The van der Waals surface area contributed by atoms with Gasteiger partial charge in [0.25, 0.3) is 11.8 Å². The number of hydrogen-bond donors (Lipinski definition) is 3. The maximum absolute atomic E-state index is 12.2. The Labute approximate surface area is 189 Å². The fraction of sp³-hybridized carbons (Fsp3) is 0.440. The number of aliphatic hydroxyl groups is 1. The van der Waals surface area contributed by atoms with Crippen LogP contribution >= 0.6 is 0 Å². The molecule has 1 fully saturated rings. The van der Waals surface area contributed by atoms with Crippen molar-refractivity contribution in [3.63, 3.8) is 0 Å². The van der Waals surface area contributed by atoms with Gasteiger partial charge in [-0.05, 0) is 54.2 Å². The highest BCUT2D eigenvalue weighted by atomic mass is 16.5. The predicted molar refractivity (Wildman–Crippen MR) is 122 cm³/mol. The molecule has 7 heteroatoms. The third kappa shape index (κ3) is 5.29. The van der Waals surface area contributed by atoms with Crippen LogP contribution in [-0.4, -0.2) is 43.7 Å². The van der Waals surface area contributed by atoms with Crippen LogP contribution in [0.5, 0.6) is 11.5 Å². The minimum absolute atomic E-state index is 0.00114. The monoisotopic (exact) mass is 440 g/mol. The van der Waals surface area contributed by atoms with Gasteiger partial charge in [-0.25, -0.2) is 0 Å². The summed E-state index contributed by atoms with van der Waals surface area (Å²) >= 11 is 0. The number of carbonyl (C=O) groups is 2. The van der Waals surface area contributed by atoms with Gasteiger partial charge in [-0.3, -0.25) is 9.59 Å². The molecule has 1 heterocycles. The minimum atomic E-state index is -0.306. The molecule has 3 N–H and O–H groups in total. The largest absolute Gasteiger partial charge is 0.457 e. The van der Waals surface area contributed by atoms with E-state index in [0.717, 1.165) is 18.4 Å². The topological polar surface area (TPSA) is 96.9 Å². The SMILES string of the molecule is CCC1CC(C)C(CO)OC1c1cccc(Oc2cc(C(=O)NC)cc(C(=O)NC)c2)c1. The van der Waals surface area contributed by atoms with Crippen molar-refractivity contribution < 1.29 is 24.2 Å².